The molecule has 0 unspecified atom stereocenters. The first kappa shape index (κ1) is 14.7. The van der Waals surface area contributed by atoms with Crippen molar-refractivity contribution in [2.45, 2.75) is 0 Å². The molecule has 3 rings (SSSR count). The highest BCUT2D eigenvalue weighted by Gasteiger charge is 2.15. The van der Waals surface area contributed by atoms with Crippen LogP contribution in [0.15, 0.2) is 63.8 Å². The van der Waals surface area contributed by atoms with E-state index in [4.69, 9.17) is 4.42 Å². The van der Waals surface area contributed by atoms with Crippen molar-refractivity contribution in [3.63, 3.8) is 0 Å². The molecule has 0 bridgehead atoms. The van der Waals surface area contributed by atoms with Crippen molar-refractivity contribution in [1.29, 1.82) is 0 Å². The lowest BCUT2D eigenvalue weighted by Gasteiger charge is -2.10. The normalized spacial score (nSPS) is 10.4. The molecule has 0 saturated carbocycles. The molecule has 0 aliphatic rings. The molecule has 0 radical (unpaired) electrons. The van der Waals surface area contributed by atoms with Gasteiger partial charge in [0.05, 0.1) is 12.2 Å². The predicted octanol–water partition coefficient (Wildman–Crippen LogP) is 2.90. The molecule has 23 heavy (non-hydrogen) atoms. The van der Waals surface area contributed by atoms with Crippen LogP contribution in [0.3, 0.4) is 0 Å². The molecule has 0 amide bonds. The third kappa shape index (κ3) is 2.89. The van der Waals surface area contributed by atoms with Gasteiger partial charge in [0.1, 0.15) is 11.1 Å². The van der Waals surface area contributed by atoms with E-state index in [2.05, 4.69) is 5.32 Å². The molecule has 0 atom stereocenters. The highest BCUT2D eigenvalue weighted by atomic mass is 16.4. The average molecular weight is 307 g/mol. The summed E-state index contributed by atoms with van der Waals surface area (Å²) in [6, 6.07) is 15.6. The number of benzene rings is 2. The maximum absolute atomic E-state index is 12.2. The molecular weight excluding hydrogens is 294 g/mol. The number of ketones is 1. The molecule has 0 saturated heterocycles. The minimum Gasteiger partial charge on any atom is -0.422 e. The Bertz CT molecular complexity index is 929. The summed E-state index contributed by atoms with van der Waals surface area (Å²) >= 11 is 0. The predicted molar refractivity (Wildman–Crippen MR) is 87.1 cm³/mol. The van der Waals surface area contributed by atoms with Gasteiger partial charge in [-0.3, -0.25) is 9.59 Å². The molecule has 2 aromatic carbocycles. The zero-order valence-electron chi connectivity index (χ0n) is 12.1. The van der Waals surface area contributed by atoms with E-state index >= 15 is 0 Å². The second kappa shape index (κ2) is 6.27. The third-order valence-corrected chi connectivity index (χ3v) is 3.49. The van der Waals surface area contributed by atoms with Crippen molar-refractivity contribution >= 4 is 28.7 Å². The second-order valence-electron chi connectivity index (χ2n) is 4.93. The van der Waals surface area contributed by atoms with Crippen LogP contribution in [0.1, 0.15) is 20.7 Å². The number of para-hydroxylation sites is 1. The van der Waals surface area contributed by atoms with Gasteiger partial charge in [-0.25, -0.2) is 4.79 Å². The Morgan fingerprint density at radius 1 is 1.04 bits per heavy atom. The maximum Gasteiger partial charge on any atom is 0.349 e. The molecule has 1 heterocycles. The zero-order chi connectivity index (χ0) is 16.2. The lowest BCUT2D eigenvalue weighted by atomic mass is 10.1. The summed E-state index contributed by atoms with van der Waals surface area (Å²) in [5.41, 5.74) is 0.381. The minimum absolute atomic E-state index is 0.0295. The smallest absolute Gasteiger partial charge is 0.349 e. The van der Waals surface area contributed by atoms with E-state index in [0.29, 0.717) is 28.5 Å². The number of Topliss-reactive ketones (excluding diaryl/α,β-unsaturated/α-hetero) is 1. The average Bonchev–Trinajstić information content (AvgIpc) is 2.59. The Labute approximate surface area is 131 Å². The summed E-state index contributed by atoms with van der Waals surface area (Å²) in [7, 11) is 0. The first-order chi connectivity index (χ1) is 11.2. The van der Waals surface area contributed by atoms with Crippen LogP contribution < -0.4 is 10.9 Å². The van der Waals surface area contributed by atoms with Gasteiger partial charge < -0.3 is 9.73 Å². The molecule has 0 spiro atoms. The number of anilines is 1. The van der Waals surface area contributed by atoms with Crippen LogP contribution in [0.2, 0.25) is 0 Å². The number of hydrogen-bond donors (Lipinski definition) is 1. The van der Waals surface area contributed by atoms with Crippen LogP contribution in [-0.2, 0) is 0 Å². The fraction of sp³-hybridized carbons (Fsp3) is 0.0556. The fourth-order valence-corrected chi connectivity index (χ4v) is 2.36. The van der Waals surface area contributed by atoms with Crippen LogP contribution in [-0.4, -0.2) is 18.6 Å². The van der Waals surface area contributed by atoms with Gasteiger partial charge in [-0.2, -0.15) is 0 Å². The molecule has 5 heteroatoms. The standard InChI is InChI=1S/C18H13NO4/c20-11-14-17(13-8-4-5-9-16(13)23-18(14)22)19-10-15(21)12-6-2-1-3-7-12/h1-9,11,19H,10H2. The van der Waals surface area contributed by atoms with Crippen molar-refractivity contribution in [2.75, 3.05) is 11.9 Å². The van der Waals surface area contributed by atoms with Crippen LogP contribution >= 0.6 is 0 Å². The van der Waals surface area contributed by atoms with Gasteiger partial charge >= 0.3 is 5.63 Å². The number of fused-ring (bicyclic) bond motifs is 1. The second-order valence-corrected chi connectivity index (χ2v) is 4.93. The van der Waals surface area contributed by atoms with Gasteiger partial charge in [0, 0.05) is 10.9 Å². The Balaban J connectivity index is 1.97. The Kier molecular flexibility index (Phi) is 4.01. The van der Waals surface area contributed by atoms with Crippen LogP contribution in [0, 0.1) is 0 Å². The molecule has 1 aromatic heterocycles. The largest absolute Gasteiger partial charge is 0.422 e. The highest BCUT2D eigenvalue weighted by Crippen LogP contribution is 2.24. The number of carbonyl (C=O) groups is 2. The summed E-state index contributed by atoms with van der Waals surface area (Å²) < 4.78 is 5.10. The molecule has 0 aliphatic carbocycles. The molecule has 1 N–H and O–H groups in total. The number of carbonyl (C=O) groups excluding carboxylic acids is 2. The quantitative estimate of drug-likeness (QED) is 0.445. The van der Waals surface area contributed by atoms with Crippen molar-refractivity contribution in [2.24, 2.45) is 0 Å². The summed E-state index contributed by atoms with van der Waals surface area (Å²) in [6.45, 7) is -0.0295. The highest BCUT2D eigenvalue weighted by molar-refractivity contribution is 6.03. The molecule has 0 fully saturated rings. The SMILES string of the molecule is O=Cc1c(NCC(=O)c2ccccc2)c2ccccc2oc1=O. The monoisotopic (exact) mass is 307 g/mol. The van der Waals surface area contributed by atoms with E-state index in [-0.39, 0.29) is 17.9 Å². The molecule has 5 nitrogen and oxygen atoms in total. The zero-order valence-corrected chi connectivity index (χ0v) is 12.1. The Morgan fingerprint density at radius 2 is 1.74 bits per heavy atom. The summed E-state index contributed by atoms with van der Waals surface area (Å²) in [5.74, 6) is -0.139. The van der Waals surface area contributed by atoms with Gasteiger partial charge in [-0.15, -0.1) is 0 Å². The lowest BCUT2D eigenvalue weighted by Crippen LogP contribution is -2.18. The Morgan fingerprint density at radius 3 is 2.48 bits per heavy atom. The first-order valence-corrected chi connectivity index (χ1v) is 7.04. The number of aldehydes is 1. The third-order valence-electron chi connectivity index (χ3n) is 3.49. The van der Waals surface area contributed by atoms with Gasteiger partial charge in [-0.1, -0.05) is 42.5 Å². The van der Waals surface area contributed by atoms with Crippen molar-refractivity contribution in [1.82, 2.24) is 0 Å². The van der Waals surface area contributed by atoms with Gasteiger partial charge in [-0.05, 0) is 12.1 Å². The van der Waals surface area contributed by atoms with Crippen LogP contribution in [0.5, 0.6) is 0 Å². The van der Waals surface area contributed by atoms with Gasteiger partial charge in [0.2, 0.25) is 0 Å². The summed E-state index contributed by atoms with van der Waals surface area (Å²) in [5, 5.41) is 3.48. The van der Waals surface area contributed by atoms with E-state index in [1.54, 1.807) is 48.5 Å². The molecule has 0 aliphatic heterocycles. The maximum atomic E-state index is 12.2. The summed E-state index contributed by atoms with van der Waals surface area (Å²) in [4.78, 5) is 35.3. The number of rotatable bonds is 5. The first-order valence-electron chi connectivity index (χ1n) is 7.04. The van der Waals surface area contributed by atoms with E-state index in [1.807, 2.05) is 6.07 Å². The van der Waals surface area contributed by atoms with E-state index < -0.39 is 5.63 Å². The number of nitrogens with one attached hydrogen (secondary N) is 1. The van der Waals surface area contributed by atoms with Gasteiger partial charge in [0.15, 0.2) is 12.1 Å². The van der Waals surface area contributed by atoms with E-state index in [9.17, 15) is 14.4 Å². The Hall–Kier alpha value is -3.21. The summed E-state index contributed by atoms with van der Waals surface area (Å²) in [6.07, 6.45) is 0.438. The van der Waals surface area contributed by atoms with Crippen molar-refractivity contribution in [3.8, 4) is 0 Å². The van der Waals surface area contributed by atoms with E-state index in [0.717, 1.165) is 0 Å². The molecular formula is C18H13NO4. The van der Waals surface area contributed by atoms with Crippen molar-refractivity contribution < 1.29 is 14.0 Å². The van der Waals surface area contributed by atoms with Crippen molar-refractivity contribution in [3.05, 3.63) is 76.1 Å². The molecule has 114 valence electrons. The molecule has 3 aromatic rings. The topological polar surface area (TPSA) is 76.4 Å². The minimum atomic E-state index is -0.728. The lowest BCUT2D eigenvalue weighted by molar-refractivity contribution is 0.100. The van der Waals surface area contributed by atoms with Gasteiger partial charge in [0.25, 0.3) is 0 Å². The van der Waals surface area contributed by atoms with E-state index in [1.165, 1.54) is 0 Å². The number of hydrogen-bond acceptors (Lipinski definition) is 5. The van der Waals surface area contributed by atoms with Crippen LogP contribution in [0.4, 0.5) is 5.69 Å². The van der Waals surface area contributed by atoms with Crippen LogP contribution in [0.25, 0.3) is 11.0 Å². The fourth-order valence-electron chi connectivity index (χ4n) is 2.36.